The van der Waals surface area contributed by atoms with Gasteiger partial charge in [0, 0.05) is 30.2 Å². The molecule has 24 heavy (non-hydrogen) atoms. The third kappa shape index (κ3) is 4.06. The number of rotatable bonds is 4. The summed E-state index contributed by atoms with van der Waals surface area (Å²) in [4.78, 5) is 25.8. The molecule has 5 nitrogen and oxygen atoms in total. The van der Waals surface area contributed by atoms with E-state index >= 15 is 0 Å². The molecule has 1 aliphatic heterocycles. The van der Waals surface area contributed by atoms with E-state index in [1.165, 1.54) is 0 Å². The number of benzene rings is 2. The van der Waals surface area contributed by atoms with Crippen LogP contribution in [0.25, 0.3) is 0 Å². The highest BCUT2D eigenvalue weighted by Gasteiger charge is 2.31. The number of urea groups is 1. The minimum atomic E-state index is -0.280. The fourth-order valence-corrected chi connectivity index (χ4v) is 2.81. The van der Waals surface area contributed by atoms with Crippen LogP contribution < -0.4 is 15.5 Å². The van der Waals surface area contributed by atoms with Crippen molar-refractivity contribution < 1.29 is 9.59 Å². The first-order valence-corrected chi connectivity index (χ1v) is 8.14. The van der Waals surface area contributed by atoms with Gasteiger partial charge in [0.05, 0.1) is 6.04 Å². The maximum Gasteiger partial charge on any atom is 0.315 e. The molecule has 1 aliphatic rings. The van der Waals surface area contributed by atoms with Crippen molar-refractivity contribution >= 4 is 29.2 Å². The Kier molecular flexibility index (Phi) is 5.01. The third-order valence-electron chi connectivity index (χ3n) is 3.89. The minimum absolute atomic E-state index is 0.0178. The van der Waals surface area contributed by atoms with Gasteiger partial charge in [0.1, 0.15) is 0 Å². The van der Waals surface area contributed by atoms with E-state index in [4.69, 9.17) is 11.6 Å². The number of para-hydroxylation sites is 1. The number of halogens is 1. The number of hydrogen-bond acceptors (Lipinski definition) is 2. The summed E-state index contributed by atoms with van der Waals surface area (Å²) in [6.07, 6.45) is 0.309. The summed E-state index contributed by atoms with van der Waals surface area (Å²) in [6.45, 7) is 0.892. The Morgan fingerprint density at radius 2 is 1.83 bits per heavy atom. The molecule has 1 heterocycles. The molecule has 124 valence electrons. The summed E-state index contributed by atoms with van der Waals surface area (Å²) >= 11 is 5.83. The molecular formula is C18H18ClN3O2. The maximum atomic E-state index is 12.1. The lowest BCUT2D eigenvalue weighted by Gasteiger charge is -2.17. The van der Waals surface area contributed by atoms with E-state index in [-0.39, 0.29) is 18.0 Å². The molecule has 1 fully saturated rings. The highest BCUT2D eigenvalue weighted by molar-refractivity contribution is 6.30. The van der Waals surface area contributed by atoms with Crippen molar-refractivity contribution in [3.63, 3.8) is 0 Å². The predicted octanol–water partition coefficient (Wildman–Crippen LogP) is 2.94. The second-order valence-corrected chi connectivity index (χ2v) is 6.13. The van der Waals surface area contributed by atoms with Crippen LogP contribution in [0.5, 0.6) is 0 Å². The number of carbonyl (C=O) groups excluding carboxylic acids is 2. The van der Waals surface area contributed by atoms with Crippen molar-refractivity contribution in [3.05, 3.63) is 65.2 Å². The highest BCUT2D eigenvalue weighted by Crippen LogP contribution is 2.20. The van der Waals surface area contributed by atoms with Crippen LogP contribution in [-0.4, -0.2) is 24.5 Å². The molecule has 6 heteroatoms. The highest BCUT2D eigenvalue weighted by atomic mass is 35.5. The average molecular weight is 344 g/mol. The Morgan fingerprint density at radius 3 is 2.54 bits per heavy atom. The minimum Gasteiger partial charge on any atom is -0.334 e. The van der Waals surface area contributed by atoms with Gasteiger partial charge < -0.3 is 15.5 Å². The Hall–Kier alpha value is -2.53. The van der Waals surface area contributed by atoms with E-state index in [2.05, 4.69) is 10.6 Å². The lowest BCUT2D eigenvalue weighted by Crippen LogP contribution is -2.43. The van der Waals surface area contributed by atoms with Crippen molar-refractivity contribution in [2.24, 2.45) is 0 Å². The molecule has 0 aromatic heterocycles. The van der Waals surface area contributed by atoms with Crippen LogP contribution in [0.3, 0.4) is 0 Å². The van der Waals surface area contributed by atoms with E-state index in [1.807, 2.05) is 42.5 Å². The molecule has 0 aliphatic carbocycles. The van der Waals surface area contributed by atoms with Crippen LogP contribution in [0, 0.1) is 0 Å². The predicted molar refractivity (Wildman–Crippen MR) is 94.0 cm³/mol. The van der Waals surface area contributed by atoms with Gasteiger partial charge in [-0.05, 0) is 29.8 Å². The Morgan fingerprint density at radius 1 is 1.12 bits per heavy atom. The van der Waals surface area contributed by atoms with Crippen LogP contribution >= 0.6 is 11.6 Å². The molecule has 1 saturated heterocycles. The quantitative estimate of drug-likeness (QED) is 0.896. The maximum absolute atomic E-state index is 12.1. The van der Waals surface area contributed by atoms with Gasteiger partial charge in [-0.25, -0.2) is 4.79 Å². The summed E-state index contributed by atoms with van der Waals surface area (Å²) < 4.78 is 0. The van der Waals surface area contributed by atoms with Gasteiger partial charge in [-0.2, -0.15) is 0 Å². The van der Waals surface area contributed by atoms with E-state index < -0.39 is 0 Å². The topological polar surface area (TPSA) is 61.4 Å². The lowest BCUT2D eigenvalue weighted by atomic mass is 10.2. The SMILES string of the molecule is O=C(NCc1ccc(Cl)cc1)NC1CC(=O)N(c2ccccc2)C1. The van der Waals surface area contributed by atoms with Crippen LogP contribution in [0.15, 0.2) is 54.6 Å². The summed E-state index contributed by atoms with van der Waals surface area (Å²) in [5, 5.41) is 6.30. The van der Waals surface area contributed by atoms with Crippen LogP contribution in [0.1, 0.15) is 12.0 Å². The van der Waals surface area contributed by atoms with Gasteiger partial charge in [-0.15, -0.1) is 0 Å². The normalized spacial score (nSPS) is 17.0. The molecule has 2 aromatic carbocycles. The van der Waals surface area contributed by atoms with E-state index in [0.29, 0.717) is 24.5 Å². The summed E-state index contributed by atoms with van der Waals surface area (Å²) in [7, 11) is 0. The molecule has 2 N–H and O–H groups in total. The van der Waals surface area contributed by atoms with Crippen LogP contribution in [0.2, 0.25) is 5.02 Å². The third-order valence-corrected chi connectivity index (χ3v) is 4.15. The Labute approximate surface area is 145 Å². The molecule has 3 amide bonds. The number of hydrogen-bond donors (Lipinski definition) is 2. The van der Waals surface area contributed by atoms with Crippen molar-refractivity contribution in [2.75, 3.05) is 11.4 Å². The van der Waals surface area contributed by atoms with Gasteiger partial charge in [0.25, 0.3) is 0 Å². The summed E-state index contributed by atoms with van der Waals surface area (Å²) in [5.41, 5.74) is 1.82. The van der Waals surface area contributed by atoms with Gasteiger partial charge in [-0.1, -0.05) is 41.9 Å². The average Bonchev–Trinajstić information content (AvgIpc) is 2.95. The van der Waals surface area contributed by atoms with Crippen molar-refractivity contribution in [1.29, 1.82) is 0 Å². The number of amides is 3. The molecule has 1 unspecified atom stereocenters. The first-order valence-electron chi connectivity index (χ1n) is 7.76. The van der Waals surface area contributed by atoms with Gasteiger partial charge >= 0.3 is 6.03 Å². The van der Waals surface area contributed by atoms with Crippen molar-refractivity contribution in [2.45, 2.75) is 19.0 Å². The van der Waals surface area contributed by atoms with E-state index in [9.17, 15) is 9.59 Å². The number of anilines is 1. The zero-order valence-corrected chi connectivity index (χ0v) is 13.8. The molecule has 0 saturated carbocycles. The second kappa shape index (κ2) is 7.36. The van der Waals surface area contributed by atoms with Crippen molar-refractivity contribution in [3.8, 4) is 0 Å². The number of nitrogens with one attached hydrogen (secondary N) is 2. The zero-order valence-electron chi connectivity index (χ0n) is 13.0. The molecule has 1 atom stereocenters. The van der Waals surface area contributed by atoms with Gasteiger partial charge in [0.15, 0.2) is 0 Å². The standard InChI is InChI=1S/C18H18ClN3O2/c19-14-8-6-13(7-9-14)11-20-18(24)21-15-10-17(23)22(12-15)16-4-2-1-3-5-16/h1-9,15H,10-12H2,(H2,20,21,24). The molecule has 2 aromatic rings. The lowest BCUT2D eigenvalue weighted by molar-refractivity contribution is -0.117. The largest absolute Gasteiger partial charge is 0.334 e. The fourth-order valence-electron chi connectivity index (χ4n) is 2.68. The first kappa shape index (κ1) is 16.3. The Bertz CT molecular complexity index is 719. The Balaban J connectivity index is 1.50. The van der Waals surface area contributed by atoms with Crippen molar-refractivity contribution in [1.82, 2.24) is 10.6 Å². The number of nitrogens with zero attached hydrogens (tertiary/aromatic N) is 1. The van der Waals surface area contributed by atoms with Gasteiger partial charge in [-0.3, -0.25) is 4.79 Å². The smallest absolute Gasteiger partial charge is 0.315 e. The zero-order chi connectivity index (χ0) is 16.9. The molecule has 0 bridgehead atoms. The van der Waals surface area contributed by atoms with Crippen LogP contribution in [0.4, 0.5) is 10.5 Å². The first-order chi connectivity index (χ1) is 11.6. The van der Waals surface area contributed by atoms with Gasteiger partial charge in [0.2, 0.25) is 5.91 Å². The molecular weight excluding hydrogens is 326 g/mol. The second-order valence-electron chi connectivity index (χ2n) is 5.69. The van der Waals surface area contributed by atoms with E-state index in [1.54, 1.807) is 17.0 Å². The fraction of sp³-hybridized carbons (Fsp3) is 0.222. The molecule has 3 rings (SSSR count). The monoisotopic (exact) mass is 343 g/mol. The molecule has 0 spiro atoms. The van der Waals surface area contributed by atoms with E-state index in [0.717, 1.165) is 11.3 Å². The summed E-state index contributed by atoms with van der Waals surface area (Å²) in [5.74, 6) is 0.0178. The molecule has 0 radical (unpaired) electrons. The number of carbonyl (C=O) groups is 2. The van der Waals surface area contributed by atoms with Crippen LogP contribution in [-0.2, 0) is 11.3 Å². The summed E-state index contributed by atoms with van der Waals surface area (Å²) in [6, 6.07) is 16.3.